The lowest BCUT2D eigenvalue weighted by Crippen LogP contribution is -2.53. The molecule has 0 aromatic carbocycles. The molecule has 0 bridgehead atoms. The van der Waals surface area contributed by atoms with Crippen LogP contribution in [-0.4, -0.2) is 28.6 Å². The van der Waals surface area contributed by atoms with Crippen molar-refractivity contribution in [2.75, 3.05) is 0 Å². The van der Waals surface area contributed by atoms with Crippen LogP contribution in [0.3, 0.4) is 0 Å². The third kappa shape index (κ3) is 3.30. The standard InChI is InChI=1S/C10H15BrN2O3/c1-5(2)8(11)10(16)12-6-3-4-7(14)13-9(6)15/h5-6,8H,3-4H2,1-2H3,(H,12,16)(H,13,14,15). The van der Waals surface area contributed by atoms with Gasteiger partial charge >= 0.3 is 0 Å². The van der Waals surface area contributed by atoms with E-state index in [4.69, 9.17) is 0 Å². The lowest BCUT2D eigenvalue weighted by Gasteiger charge is -2.23. The van der Waals surface area contributed by atoms with Gasteiger partial charge in [0.25, 0.3) is 0 Å². The Morgan fingerprint density at radius 2 is 2.12 bits per heavy atom. The summed E-state index contributed by atoms with van der Waals surface area (Å²) in [5.41, 5.74) is 0. The third-order valence-electron chi connectivity index (χ3n) is 2.39. The summed E-state index contributed by atoms with van der Waals surface area (Å²) in [7, 11) is 0. The number of alkyl halides is 1. The molecule has 1 heterocycles. The fourth-order valence-corrected chi connectivity index (χ4v) is 1.52. The lowest BCUT2D eigenvalue weighted by molar-refractivity contribution is -0.137. The van der Waals surface area contributed by atoms with Gasteiger partial charge in [-0.15, -0.1) is 0 Å². The summed E-state index contributed by atoms with van der Waals surface area (Å²) in [5.74, 6) is -0.777. The van der Waals surface area contributed by atoms with Crippen LogP contribution in [-0.2, 0) is 14.4 Å². The first-order valence-electron chi connectivity index (χ1n) is 5.20. The van der Waals surface area contributed by atoms with Crippen molar-refractivity contribution in [3.8, 4) is 0 Å². The third-order valence-corrected chi connectivity index (χ3v) is 3.86. The second-order valence-corrected chi connectivity index (χ2v) is 5.14. The Labute approximate surface area is 102 Å². The molecule has 1 rings (SSSR count). The van der Waals surface area contributed by atoms with Gasteiger partial charge in [0.15, 0.2) is 0 Å². The molecule has 2 unspecified atom stereocenters. The summed E-state index contributed by atoms with van der Waals surface area (Å²) in [6, 6.07) is -0.594. The summed E-state index contributed by atoms with van der Waals surface area (Å²) in [6.07, 6.45) is 0.638. The molecular formula is C10H15BrN2O3. The van der Waals surface area contributed by atoms with Gasteiger partial charge in [-0.1, -0.05) is 29.8 Å². The molecule has 5 nitrogen and oxygen atoms in total. The van der Waals surface area contributed by atoms with Gasteiger partial charge in [0.05, 0.1) is 4.83 Å². The molecule has 3 amide bonds. The van der Waals surface area contributed by atoms with Gasteiger partial charge in [0, 0.05) is 6.42 Å². The van der Waals surface area contributed by atoms with Gasteiger partial charge in [-0.25, -0.2) is 0 Å². The van der Waals surface area contributed by atoms with Crippen LogP contribution in [0.25, 0.3) is 0 Å². The van der Waals surface area contributed by atoms with Gasteiger partial charge in [-0.05, 0) is 12.3 Å². The zero-order chi connectivity index (χ0) is 12.3. The van der Waals surface area contributed by atoms with E-state index in [9.17, 15) is 14.4 Å². The molecule has 16 heavy (non-hydrogen) atoms. The molecule has 6 heteroatoms. The van der Waals surface area contributed by atoms with Crippen LogP contribution in [0.15, 0.2) is 0 Å². The minimum absolute atomic E-state index is 0.147. The number of nitrogens with one attached hydrogen (secondary N) is 2. The molecular weight excluding hydrogens is 276 g/mol. The molecule has 0 saturated carbocycles. The number of hydrogen-bond acceptors (Lipinski definition) is 3. The van der Waals surface area contributed by atoms with Crippen molar-refractivity contribution >= 4 is 33.7 Å². The quantitative estimate of drug-likeness (QED) is 0.581. The molecule has 0 aromatic heterocycles. The maximum absolute atomic E-state index is 11.7. The van der Waals surface area contributed by atoms with Gasteiger partial charge in [0.2, 0.25) is 17.7 Å². The topological polar surface area (TPSA) is 75.3 Å². The number of rotatable bonds is 3. The number of piperidine rings is 1. The first-order chi connectivity index (χ1) is 7.41. The molecule has 0 aromatic rings. The monoisotopic (exact) mass is 290 g/mol. The van der Waals surface area contributed by atoms with Gasteiger partial charge < -0.3 is 5.32 Å². The molecule has 0 radical (unpaired) electrons. The normalized spacial score (nSPS) is 22.9. The molecule has 2 N–H and O–H groups in total. The Balaban J connectivity index is 2.51. The second-order valence-electron chi connectivity index (χ2n) is 4.16. The molecule has 0 spiro atoms. The summed E-state index contributed by atoms with van der Waals surface area (Å²) in [5, 5.41) is 4.82. The summed E-state index contributed by atoms with van der Waals surface area (Å²) >= 11 is 3.26. The highest BCUT2D eigenvalue weighted by molar-refractivity contribution is 9.10. The molecule has 0 aliphatic carbocycles. The van der Waals surface area contributed by atoms with Crippen LogP contribution in [0.5, 0.6) is 0 Å². The average molecular weight is 291 g/mol. The first kappa shape index (κ1) is 13.2. The number of halogens is 1. The van der Waals surface area contributed by atoms with Crippen LogP contribution in [0.4, 0.5) is 0 Å². The van der Waals surface area contributed by atoms with E-state index in [-0.39, 0.29) is 29.0 Å². The molecule has 90 valence electrons. The Bertz CT molecular complexity index is 317. The van der Waals surface area contributed by atoms with E-state index in [1.165, 1.54) is 0 Å². The maximum Gasteiger partial charge on any atom is 0.249 e. The molecule has 1 aliphatic rings. The van der Waals surface area contributed by atoms with E-state index in [0.29, 0.717) is 6.42 Å². The van der Waals surface area contributed by atoms with Crippen LogP contribution in [0.2, 0.25) is 0 Å². The van der Waals surface area contributed by atoms with E-state index in [1.807, 2.05) is 13.8 Å². The van der Waals surface area contributed by atoms with E-state index in [2.05, 4.69) is 26.6 Å². The summed E-state index contributed by atoms with van der Waals surface area (Å²) < 4.78 is 0. The highest BCUT2D eigenvalue weighted by Crippen LogP contribution is 2.13. The van der Waals surface area contributed by atoms with Crippen molar-refractivity contribution in [2.45, 2.75) is 37.6 Å². The van der Waals surface area contributed by atoms with E-state index < -0.39 is 11.9 Å². The van der Waals surface area contributed by atoms with Crippen LogP contribution in [0, 0.1) is 5.92 Å². The van der Waals surface area contributed by atoms with Crippen molar-refractivity contribution in [2.24, 2.45) is 5.92 Å². The van der Waals surface area contributed by atoms with Crippen LogP contribution < -0.4 is 10.6 Å². The highest BCUT2D eigenvalue weighted by Gasteiger charge is 2.30. The Kier molecular flexibility index (Phi) is 4.46. The summed E-state index contributed by atoms with van der Waals surface area (Å²) in [4.78, 5) is 33.6. The predicted molar refractivity (Wildman–Crippen MR) is 61.9 cm³/mol. The largest absolute Gasteiger partial charge is 0.343 e. The van der Waals surface area contributed by atoms with Crippen molar-refractivity contribution in [1.29, 1.82) is 0 Å². The zero-order valence-corrected chi connectivity index (χ0v) is 10.8. The fourth-order valence-electron chi connectivity index (χ4n) is 1.39. The van der Waals surface area contributed by atoms with E-state index >= 15 is 0 Å². The van der Waals surface area contributed by atoms with Crippen LogP contribution in [0.1, 0.15) is 26.7 Å². The average Bonchev–Trinajstić information content (AvgIpc) is 2.20. The number of carbonyl (C=O) groups is 3. The zero-order valence-electron chi connectivity index (χ0n) is 9.25. The maximum atomic E-state index is 11.7. The van der Waals surface area contributed by atoms with Gasteiger partial charge in [-0.3, -0.25) is 19.7 Å². The van der Waals surface area contributed by atoms with E-state index in [1.54, 1.807) is 0 Å². The number of carbonyl (C=O) groups excluding carboxylic acids is 3. The molecule has 1 fully saturated rings. The summed E-state index contributed by atoms with van der Waals surface area (Å²) in [6.45, 7) is 3.81. The Morgan fingerprint density at radius 1 is 1.50 bits per heavy atom. The SMILES string of the molecule is CC(C)C(Br)C(=O)NC1CCC(=O)NC1=O. The lowest BCUT2D eigenvalue weighted by atomic mass is 10.0. The smallest absolute Gasteiger partial charge is 0.249 e. The first-order valence-corrected chi connectivity index (χ1v) is 6.11. The number of hydrogen-bond donors (Lipinski definition) is 2. The fraction of sp³-hybridized carbons (Fsp3) is 0.700. The van der Waals surface area contributed by atoms with Gasteiger partial charge in [-0.2, -0.15) is 0 Å². The molecule has 2 atom stereocenters. The van der Waals surface area contributed by atoms with Gasteiger partial charge in [0.1, 0.15) is 6.04 Å². The second kappa shape index (κ2) is 5.43. The Morgan fingerprint density at radius 3 is 2.62 bits per heavy atom. The van der Waals surface area contributed by atoms with Crippen molar-refractivity contribution in [3.05, 3.63) is 0 Å². The Hall–Kier alpha value is -0.910. The van der Waals surface area contributed by atoms with Crippen LogP contribution >= 0.6 is 15.9 Å². The van der Waals surface area contributed by atoms with Crippen molar-refractivity contribution in [1.82, 2.24) is 10.6 Å². The molecule has 1 saturated heterocycles. The molecule has 1 aliphatic heterocycles. The minimum atomic E-state index is -0.594. The van der Waals surface area contributed by atoms with Crippen molar-refractivity contribution in [3.63, 3.8) is 0 Å². The number of amides is 3. The highest BCUT2D eigenvalue weighted by atomic mass is 79.9. The predicted octanol–water partition coefficient (Wildman–Crippen LogP) is 0.327. The minimum Gasteiger partial charge on any atom is -0.343 e. The number of imide groups is 1. The van der Waals surface area contributed by atoms with E-state index in [0.717, 1.165) is 0 Å². The van der Waals surface area contributed by atoms with Crippen molar-refractivity contribution < 1.29 is 14.4 Å².